The molecule has 2 aromatic rings. The number of rotatable bonds is 4. The van der Waals surface area contributed by atoms with Crippen LogP contribution in [0.15, 0.2) is 18.3 Å². The molecule has 4 rings (SSSR count). The van der Waals surface area contributed by atoms with Crippen LogP contribution in [-0.2, 0) is 24.4 Å². The van der Waals surface area contributed by atoms with Crippen LogP contribution in [0.1, 0.15) is 52.8 Å². The van der Waals surface area contributed by atoms with Crippen molar-refractivity contribution in [3.05, 3.63) is 46.5 Å². The Labute approximate surface area is 183 Å². The summed E-state index contributed by atoms with van der Waals surface area (Å²) in [5, 5.41) is 7.54. The van der Waals surface area contributed by atoms with Crippen molar-refractivity contribution in [3.8, 4) is 0 Å². The van der Waals surface area contributed by atoms with Crippen LogP contribution in [-0.4, -0.2) is 62.6 Å². The summed E-state index contributed by atoms with van der Waals surface area (Å²) in [7, 11) is 2.03. The summed E-state index contributed by atoms with van der Waals surface area (Å²) in [5.41, 5.74) is 4.77. The molecule has 0 unspecified atom stereocenters. The Morgan fingerprint density at radius 1 is 1.10 bits per heavy atom. The van der Waals surface area contributed by atoms with Crippen molar-refractivity contribution >= 4 is 11.8 Å². The lowest BCUT2D eigenvalue weighted by Gasteiger charge is -2.24. The number of aryl methyl sites for hydroxylation is 3. The third-order valence-electron chi connectivity index (χ3n) is 6.30. The van der Waals surface area contributed by atoms with E-state index in [0.717, 1.165) is 36.3 Å². The van der Waals surface area contributed by atoms with E-state index in [0.29, 0.717) is 31.9 Å². The van der Waals surface area contributed by atoms with E-state index >= 15 is 0 Å². The number of nitrogens with zero attached hydrogens (tertiary/aromatic N) is 5. The molecule has 4 heterocycles. The Morgan fingerprint density at radius 3 is 2.65 bits per heavy atom. The van der Waals surface area contributed by atoms with Gasteiger partial charge in [0.05, 0.1) is 11.6 Å². The zero-order valence-corrected chi connectivity index (χ0v) is 18.9. The summed E-state index contributed by atoms with van der Waals surface area (Å²) in [6, 6.07) is 3.92. The minimum atomic E-state index is -0.0940. The van der Waals surface area contributed by atoms with E-state index in [4.69, 9.17) is 0 Å². The van der Waals surface area contributed by atoms with Gasteiger partial charge in [0.15, 0.2) is 0 Å². The molecule has 1 fully saturated rings. The van der Waals surface area contributed by atoms with E-state index in [1.54, 1.807) is 4.68 Å². The number of nitrogens with one attached hydrogen (secondary N) is 1. The van der Waals surface area contributed by atoms with Crippen molar-refractivity contribution in [2.75, 3.05) is 20.1 Å². The third kappa shape index (κ3) is 4.63. The molecule has 0 aromatic carbocycles. The van der Waals surface area contributed by atoms with E-state index < -0.39 is 0 Å². The summed E-state index contributed by atoms with van der Waals surface area (Å²) < 4.78 is 1.74. The fraction of sp³-hybridized carbons (Fsp3) is 0.565. The van der Waals surface area contributed by atoms with Gasteiger partial charge in [-0.2, -0.15) is 5.10 Å². The molecular formula is C23H32N6O2. The number of likely N-dealkylation sites (N-methyl/N-ethyl adjacent to an activating group) is 1. The van der Waals surface area contributed by atoms with E-state index in [-0.39, 0.29) is 23.8 Å². The zero-order valence-electron chi connectivity index (χ0n) is 18.9. The molecule has 2 amide bonds. The number of pyridine rings is 1. The Hall–Kier alpha value is -2.74. The third-order valence-corrected chi connectivity index (χ3v) is 6.30. The van der Waals surface area contributed by atoms with Crippen LogP contribution in [0.4, 0.5) is 0 Å². The maximum absolute atomic E-state index is 13.3. The van der Waals surface area contributed by atoms with Gasteiger partial charge in [-0.15, -0.1) is 0 Å². The Bertz CT molecular complexity index is 984. The quantitative estimate of drug-likeness (QED) is 0.811. The predicted octanol–water partition coefficient (Wildman–Crippen LogP) is 1.90. The molecule has 1 N–H and O–H groups in total. The number of hydrogen-bond donors (Lipinski definition) is 1. The van der Waals surface area contributed by atoms with Crippen LogP contribution in [0.2, 0.25) is 0 Å². The molecule has 0 aliphatic carbocycles. The van der Waals surface area contributed by atoms with Crippen molar-refractivity contribution in [1.82, 2.24) is 29.9 Å². The van der Waals surface area contributed by atoms with Crippen molar-refractivity contribution in [3.63, 3.8) is 0 Å². The van der Waals surface area contributed by atoms with Gasteiger partial charge >= 0.3 is 0 Å². The highest BCUT2D eigenvalue weighted by atomic mass is 16.2. The molecule has 1 saturated heterocycles. The lowest BCUT2D eigenvalue weighted by molar-refractivity contribution is -0.136. The highest BCUT2D eigenvalue weighted by molar-refractivity contribution is 5.93. The molecule has 2 aliphatic rings. The first-order valence-electron chi connectivity index (χ1n) is 11.1. The van der Waals surface area contributed by atoms with Crippen molar-refractivity contribution < 1.29 is 9.59 Å². The average molecular weight is 425 g/mol. The van der Waals surface area contributed by atoms with E-state index in [2.05, 4.69) is 26.4 Å². The predicted molar refractivity (Wildman–Crippen MR) is 117 cm³/mol. The first-order valence-corrected chi connectivity index (χ1v) is 11.1. The number of fused-ring (bicyclic) bond motifs is 1. The molecule has 2 aromatic heterocycles. The maximum Gasteiger partial charge on any atom is 0.269 e. The van der Waals surface area contributed by atoms with Gasteiger partial charge < -0.3 is 15.1 Å². The molecule has 8 nitrogen and oxygen atoms in total. The van der Waals surface area contributed by atoms with E-state index in [9.17, 15) is 9.59 Å². The maximum atomic E-state index is 13.3. The summed E-state index contributed by atoms with van der Waals surface area (Å²) in [6.45, 7) is 9.26. The topological polar surface area (TPSA) is 83.4 Å². The minimum Gasteiger partial charge on any atom is -0.347 e. The molecule has 2 atom stereocenters. The SMILES string of the molecule is CCn1nc(C)cc1C(=O)N[C@H]1CC[C@@H](C(=O)N2Cc3cnc(C)cc3C2)CN(C)C1. The molecular weight excluding hydrogens is 392 g/mol. The van der Waals surface area contributed by atoms with Crippen LogP contribution >= 0.6 is 0 Å². The normalized spacial score (nSPS) is 21.6. The Balaban J connectivity index is 1.38. The van der Waals surface area contributed by atoms with Gasteiger partial charge in [-0.3, -0.25) is 19.3 Å². The van der Waals surface area contributed by atoms with Gasteiger partial charge in [0.25, 0.3) is 5.91 Å². The highest BCUT2D eigenvalue weighted by Crippen LogP contribution is 2.27. The van der Waals surface area contributed by atoms with E-state index in [1.807, 2.05) is 45.0 Å². The number of likely N-dealkylation sites (tertiary alicyclic amines) is 1. The molecule has 0 saturated carbocycles. The van der Waals surface area contributed by atoms with Gasteiger partial charge in [0.1, 0.15) is 5.69 Å². The Kier molecular flexibility index (Phi) is 6.09. The van der Waals surface area contributed by atoms with Gasteiger partial charge in [-0.05, 0) is 63.9 Å². The second-order valence-electron chi connectivity index (χ2n) is 8.94. The van der Waals surface area contributed by atoms with Gasteiger partial charge in [-0.1, -0.05) is 0 Å². The number of aromatic nitrogens is 3. The second kappa shape index (κ2) is 8.78. The summed E-state index contributed by atoms with van der Waals surface area (Å²) in [5.74, 6) is 0.0505. The number of hydrogen-bond acceptors (Lipinski definition) is 5. The fourth-order valence-corrected chi connectivity index (χ4v) is 4.78. The molecule has 0 bridgehead atoms. The molecule has 0 radical (unpaired) electrons. The summed E-state index contributed by atoms with van der Waals surface area (Å²) >= 11 is 0. The van der Waals surface area contributed by atoms with Crippen LogP contribution < -0.4 is 5.32 Å². The van der Waals surface area contributed by atoms with Crippen LogP contribution in [0.5, 0.6) is 0 Å². The second-order valence-corrected chi connectivity index (χ2v) is 8.94. The number of carbonyl (C=O) groups excluding carboxylic acids is 2. The first kappa shape index (κ1) is 21.5. The van der Waals surface area contributed by atoms with Gasteiger partial charge in [-0.25, -0.2) is 0 Å². The van der Waals surface area contributed by atoms with Crippen molar-refractivity contribution in [2.24, 2.45) is 5.92 Å². The highest BCUT2D eigenvalue weighted by Gasteiger charge is 2.33. The Morgan fingerprint density at radius 2 is 1.87 bits per heavy atom. The molecule has 0 spiro atoms. The first-order chi connectivity index (χ1) is 14.8. The summed E-state index contributed by atoms with van der Waals surface area (Å²) in [4.78, 5) is 34.6. The minimum absolute atomic E-state index is 0.0124. The lowest BCUT2D eigenvalue weighted by Crippen LogP contribution is -2.42. The monoisotopic (exact) mass is 424 g/mol. The van der Waals surface area contributed by atoms with Gasteiger partial charge in [0, 0.05) is 50.7 Å². The average Bonchev–Trinajstić information content (AvgIpc) is 3.27. The molecule has 2 aliphatic heterocycles. The molecule has 31 heavy (non-hydrogen) atoms. The largest absolute Gasteiger partial charge is 0.347 e. The van der Waals surface area contributed by atoms with Crippen molar-refractivity contribution in [2.45, 2.75) is 59.3 Å². The molecule has 8 heteroatoms. The standard InChI is InChI=1S/C23H32N6O2/c1-5-29-21(9-16(3)26-29)22(30)25-20-7-6-17(11-27(4)14-20)23(31)28-12-18-8-15(2)24-10-19(18)13-28/h8-10,17,20H,5-7,11-14H2,1-4H3,(H,25,30)/t17-,20+/m1/s1. The number of carbonyl (C=O) groups is 2. The zero-order chi connectivity index (χ0) is 22.1. The fourth-order valence-electron chi connectivity index (χ4n) is 4.78. The van der Waals surface area contributed by atoms with Crippen LogP contribution in [0.3, 0.4) is 0 Å². The van der Waals surface area contributed by atoms with Gasteiger partial charge in [0.2, 0.25) is 5.91 Å². The van der Waals surface area contributed by atoms with Crippen molar-refractivity contribution in [1.29, 1.82) is 0 Å². The van der Waals surface area contributed by atoms with Crippen LogP contribution in [0.25, 0.3) is 0 Å². The summed E-state index contributed by atoms with van der Waals surface area (Å²) in [6.07, 6.45) is 3.45. The molecule has 166 valence electrons. The van der Waals surface area contributed by atoms with Crippen LogP contribution in [0, 0.1) is 19.8 Å². The number of amides is 2. The smallest absolute Gasteiger partial charge is 0.269 e. The lowest BCUT2D eigenvalue weighted by atomic mass is 10.00. The van der Waals surface area contributed by atoms with E-state index in [1.165, 1.54) is 5.56 Å².